The van der Waals surface area contributed by atoms with E-state index in [1.807, 2.05) is 64.1 Å². The number of benzene rings is 6. The SMILES string of the molecule is C#CCCCC(=O)N[C@H](CC(C)C)C(=O)N[C@@H](Cc1ccccc1)C(=O)N[C@H](CC(=O)OCc1ccccc1)C(=O)N[C@@H](CC(=O)OCc1ccccc1)C(=O)NCC.C#CCCCC(=O)N[C@H](Cc1ccccc1)C(=O)N[C@@H](CC(C)C)C(=O)N[C@H](CC(=O)OCc1ccccc1)C(=O)N[C@@H](CC(=O)OCc1ccccc1)C(=O)NCCCCCC.[N-]=[N+]=NCCOCCN=[N+]=[N-]. The van der Waals surface area contributed by atoms with Crippen molar-refractivity contribution in [1.82, 2.24) is 53.2 Å². The van der Waals surface area contributed by atoms with Crippen LogP contribution >= 0.6 is 0 Å². The van der Waals surface area contributed by atoms with Crippen molar-refractivity contribution < 1.29 is 90.8 Å². The van der Waals surface area contributed by atoms with Crippen LogP contribution in [0.4, 0.5) is 0 Å². The largest absolute Gasteiger partial charge is 0.461 e. The first kappa shape index (κ1) is 111. The highest BCUT2D eigenvalue weighted by Gasteiger charge is 2.37. The molecule has 0 saturated carbocycles. The highest BCUT2D eigenvalue weighted by Crippen LogP contribution is 2.17. The fourth-order valence-electron chi connectivity index (χ4n) is 12.7. The second kappa shape index (κ2) is 66.9. The molecule has 6 aromatic rings. The van der Waals surface area contributed by atoms with Crippen LogP contribution in [0, 0.1) is 36.5 Å². The number of carbonyl (C=O) groups is 14. The van der Waals surface area contributed by atoms with Gasteiger partial charge in [-0.2, -0.15) is 0 Å². The number of amides is 10. The summed E-state index contributed by atoms with van der Waals surface area (Å²) in [7, 11) is 0. The molecule has 35 heteroatoms. The minimum atomic E-state index is -1.62. The molecule has 35 nitrogen and oxygen atoms in total. The van der Waals surface area contributed by atoms with Crippen molar-refractivity contribution in [2.45, 2.75) is 232 Å². The summed E-state index contributed by atoms with van der Waals surface area (Å²) in [5.41, 5.74) is 19.9. The molecule has 0 fully saturated rings. The summed E-state index contributed by atoms with van der Waals surface area (Å²) in [6.07, 6.45) is 14.1. The third-order valence-corrected chi connectivity index (χ3v) is 19.5. The lowest BCUT2D eigenvalue weighted by molar-refractivity contribution is -0.149. The Hall–Kier alpha value is -14.4. The second-order valence-electron chi connectivity index (χ2n) is 31.5. The number of terminal acetylenes is 2. The minimum Gasteiger partial charge on any atom is -0.461 e. The normalized spacial score (nSPS) is 12.3. The molecular weight excluding hydrogens is 1710 g/mol. The molecule has 0 aromatic heterocycles. The summed E-state index contributed by atoms with van der Waals surface area (Å²) in [6.45, 7) is 12.7. The maximum atomic E-state index is 14.2. The standard InChI is InChI=1S/C49H63N5O9.C45H55N5O9.C4H8N6O/c1-5-7-9-20-28-50-46(58)41(31-44(56)62-33-37-23-16-11-17-24-37)53-49(61)42(32-45(57)63-34-38-25-18-12-19-26-38)54-47(59)39(29-35(3)4)52-48(60)40(30-36-21-14-10-15-22-36)51-43(55)27-13-8-6-2;1-5-7-11-24-39(51)47-35(25-31(3)4)43(55)48-36(26-32-18-12-8-13-19-32)44(56)50-38(28-41(53)59-30-34-22-16-10-17-23-34)45(57)49-37(42(54)46-6-2)27-40(52)58-29-33-20-14-9-15-21-33;5-9-7-1-3-11-4-2-8-10-6/h2,10-12,14-19,21-26,35,39-42H,5,7-9,13,20,27-34H2,1,3-4H3,(H,50,58)(H,51,55)(H,52,60)(H,53,61)(H,54,59);1,8-10,12-23,31,35-38H,6-7,11,24-30H2,2-4H3,(H,46,54)(H,47,51)(H,48,55)(H,49,57)(H,50,56);1-4H2/t39-,40+,41-,42+;35-,36+,37+,38-;/m01./s1. The molecule has 6 aromatic carbocycles. The second-order valence-corrected chi connectivity index (χ2v) is 31.5. The maximum Gasteiger partial charge on any atom is 0.308 e. The van der Waals surface area contributed by atoms with Gasteiger partial charge in [-0.05, 0) is 95.3 Å². The number of unbranched alkanes of at least 4 members (excludes halogenated alkanes) is 5. The third-order valence-electron chi connectivity index (χ3n) is 19.5. The zero-order valence-electron chi connectivity index (χ0n) is 76.5. The van der Waals surface area contributed by atoms with Crippen molar-refractivity contribution in [3.63, 3.8) is 0 Å². The van der Waals surface area contributed by atoms with Gasteiger partial charge in [-0.25, -0.2) is 0 Å². The van der Waals surface area contributed by atoms with Gasteiger partial charge in [0, 0.05) is 74.5 Å². The minimum absolute atomic E-state index is 0.0124. The molecule has 0 aliphatic heterocycles. The molecule has 8 atom stereocenters. The molecule has 0 spiro atoms. The molecule has 0 radical (unpaired) electrons. The predicted octanol–water partition coefficient (Wildman–Crippen LogP) is 10.0. The van der Waals surface area contributed by atoms with Gasteiger partial charge in [0.1, 0.15) is 74.8 Å². The Morgan fingerprint density at radius 2 is 0.624 bits per heavy atom. The van der Waals surface area contributed by atoms with E-state index in [0.717, 1.165) is 30.4 Å². The number of hydrogen-bond donors (Lipinski definition) is 10. The average Bonchev–Trinajstić information content (AvgIpc) is 0.850. The quantitative estimate of drug-likeness (QED) is 0.00323. The number of hydrogen-bond acceptors (Lipinski definition) is 21. The van der Waals surface area contributed by atoms with Crippen LogP contribution < -0.4 is 53.2 Å². The van der Waals surface area contributed by atoms with Gasteiger partial charge in [0.25, 0.3) is 0 Å². The smallest absolute Gasteiger partial charge is 0.308 e. The molecule has 10 N–H and O–H groups in total. The molecule has 10 amide bonds. The first-order valence-corrected chi connectivity index (χ1v) is 44.5. The van der Waals surface area contributed by atoms with E-state index in [0.29, 0.717) is 87.2 Å². The van der Waals surface area contributed by atoms with E-state index < -0.39 is 145 Å². The lowest BCUT2D eigenvalue weighted by Gasteiger charge is -2.27. The number of nitrogens with zero attached hydrogens (tertiary/aromatic N) is 6. The van der Waals surface area contributed by atoms with Gasteiger partial charge in [0.2, 0.25) is 59.1 Å². The number of likely N-dealkylation sites (N-methyl/N-ethyl adjacent to an activating group) is 1. The van der Waals surface area contributed by atoms with E-state index in [1.165, 1.54) is 0 Å². The van der Waals surface area contributed by atoms with Crippen molar-refractivity contribution in [3.05, 3.63) is 236 Å². The highest BCUT2D eigenvalue weighted by molar-refractivity contribution is 6.00. The number of nitrogens with one attached hydrogen (secondary N) is 10. The summed E-state index contributed by atoms with van der Waals surface area (Å²) >= 11 is 0. The first-order valence-electron chi connectivity index (χ1n) is 44.5. The molecule has 0 aliphatic carbocycles. The van der Waals surface area contributed by atoms with Crippen LogP contribution in [0.3, 0.4) is 0 Å². The Morgan fingerprint density at radius 1 is 0.346 bits per heavy atom. The van der Waals surface area contributed by atoms with Gasteiger partial charge >= 0.3 is 23.9 Å². The number of esters is 4. The van der Waals surface area contributed by atoms with Crippen molar-refractivity contribution in [2.24, 2.45) is 22.1 Å². The van der Waals surface area contributed by atoms with Crippen LogP contribution in [0.25, 0.3) is 20.9 Å². The molecule has 6 rings (SSSR count). The molecule has 0 aliphatic rings. The van der Waals surface area contributed by atoms with Gasteiger partial charge in [0.15, 0.2) is 0 Å². The fraction of sp³-hybridized carbons (Fsp3) is 0.449. The zero-order chi connectivity index (χ0) is 97.2. The summed E-state index contributed by atoms with van der Waals surface area (Å²) < 4.78 is 26.6. The highest BCUT2D eigenvalue weighted by atomic mass is 16.5. The number of rotatable bonds is 58. The van der Waals surface area contributed by atoms with Crippen molar-refractivity contribution in [1.29, 1.82) is 0 Å². The number of ether oxygens (including phenoxy) is 5. The van der Waals surface area contributed by atoms with Gasteiger partial charge in [0.05, 0.1) is 38.9 Å². The summed E-state index contributed by atoms with van der Waals surface area (Å²) in [5, 5.41) is 33.1. The van der Waals surface area contributed by atoms with Crippen LogP contribution in [-0.2, 0) is 130 Å². The van der Waals surface area contributed by atoms with E-state index in [2.05, 4.69) is 92.0 Å². The number of azide groups is 2. The van der Waals surface area contributed by atoms with Crippen LogP contribution in [0.15, 0.2) is 192 Å². The van der Waals surface area contributed by atoms with Gasteiger partial charge < -0.3 is 76.9 Å². The van der Waals surface area contributed by atoms with E-state index in [9.17, 15) is 67.1 Å². The Bertz CT molecular complexity index is 4740. The topological polar surface area (TPSA) is 503 Å². The summed E-state index contributed by atoms with van der Waals surface area (Å²) in [5.74, 6) is -5.33. The van der Waals surface area contributed by atoms with Crippen molar-refractivity contribution in [3.8, 4) is 24.7 Å². The molecular formula is C98H126N16O19. The Morgan fingerprint density at radius 3 is 0.940 bits per heavy atom. The molecule has 712 valence electrons. The lowest BCUT2D eigenvalue weighted by Crippen LogP contribution is -2.59. The molecule has 0 saturated heterocycles. The molecule has 0 bridgehead atoms. The molecule has 0 heterocycles. The predicted molar refractivity (Wildman–Crippen MR) is 498 cm³/mol. The van der Waals surface area contributed by atoms with E-state index in [-0.39, 0.29) is 95.1 Å². The first-order chi connectivity index (χ1) is 64.2. The van der Waals surface area contributed by atoms with Crippen LogP contribution in [0.2, 0.25) is 0 Å². The van der Waals surface area contributed by atoms with Crippen LogP contribution in [0.5, 0.6) is 0 Å². The average molecular weight is 1830 g/mol. The zero-order valence-corrected chi connectivity index (χ0v) is 76.5. The summed E-state index contributed by atoms with van der Waals surface area (Å²) in [4.78, 5) is 194. The van der Waals surface area contributed by atoms with E-state index in [1.54, 1.807) is 153 Å². The van der Waals surface area contributed by atoms with Gasteiger partial charge in [-0.15, -0.1) is 24.7 Å². The van der Waals surface area contributed by atoms with Crippen molar-refractivity contribution in [2.75, 3.05) is 39.4 Å². The lowest BCUT2D eigenvalue weighted by atomic mass is 10.00. The molecule has 0 unspecified atom stereocenters. The van der Waals surface area contributed by atoms with Gasteiger partial charge in [-0.3, -0.25) is 67.1 Å². The number of carbonyl (C=O) groups excluding carboxylic acids is 14. The van der Waals surface area contributed by atoms with E-state index in [4.69, 9.17) is 47.6 Å². The van der Waals surface area contributed by atoms with Crippen molar-refractivity contribution >= 4 is 82.9 Å². The van der Waals surface area contributed by atoms with E-state index >= 15 is 0 Å². The summed E-state index contributed by atoms with van der Waals surface area (Å²) in [6, 6.07) is 42.7. The molecule has 133 heavy (non-hydrogen) atoms. The van der Waals surface area contributed by atoms with Crippen LogP contribution in [-0.4, -0.2) is 171 Å². The third kappa shape index (κ3) is 49.8. The maximum absolute atomic E-state index is 14.2. The Labute approximate surface area is 777 Å². The fourth-order valence-corrected chi connectivity index (χ4v) is 12.7. The Balaban J connectivity index is 0.000000499. The monoisotopic (exact) mass is 1830 g/mol. The van der Waals surface area contributed by atoms with Gasteiger partial charge in [-0.1, -0.05) is 246 Å². The Kier molecular flexibility index (Phi) is 55.8. The van der Waals surface area contributed by atoms with Crippen LogP contribution in [0.1, 0.15) is 178 Å².